The summed E-state index contributed by atoms with van der Waals surface area (Å²) in [6.07, 6.45) is -3.79. The van der Waals surface area contributed by atoms with Crippen LogP contribution in [-0.2, 0) is 12.6 Å². The fraction of sp³-hybridized carbons (Fsp3) is 0.292. The van der Waals surface area contributed by atoms with Gasteiger partial charge < -0.3 is 0 Å². The Labute approximate surface area is 163 Å². The number of halogens is 3. The van der Waals surface area contributed by atoms with E-state index in [4.69, 9.17) is 0 Å². The molecule has 0 aromatic heterocycles. The quantitative estimate of drug-likeness (QED) is 0.469. The minimum Gasteiger partial charge on any atom is -0.192 e. The molecule has 3 aromatic rings. The van der Waals surface area contributed by atoms with Crippen LogP contribution >= 0.6 is 0 Å². The maximum absolute atomic E-state index is 12.9. The van der Waals surface area contributed by atoms with Crippen molar-refractivity contribution in [3.63, 3.8) is 0 Å². The highest BCUT2D eigenvalue weighted by Gasteiger charge is 2.31. The monoisotopic (exact) mass is 381 g/mol. The molecule has 0 aliphatic heterocycles. The van der Waals surface area contributed by atoms with E-state index in [0.717, 1.165) is 28.5 Å². The Bertz CT molecular complexity index is 1040. The molecular weight excluding hydrogens is 359 g/mol. The molecule has 0 amide bonds. The van der Waals surface area contributed by atoms with Gasteiger partial charge in [-0.15, -0.1) is 0 Å². The van der Waals surface area contributed by atoms with Gasteiger partial charge in [0.25, 0.3) is 0 Å². The molecule has 1 nitrogen and oxygen atoms in total. The fourth-order valence-corrected chi connectivity index (χ4v) is 3.52. The standard InChI is InChI=1S/C24H22F3N/c1-15(2)19-7-6-18-5-4-17(11-20(18)12-19)10-16(3)23-9-8-22(24(25,26)27)13-21(23)14-28/h4-9,11-13,15-16H,10H2,1-3H3. The summed E-state index contributed by atoms with van der Waals surface area (Å²) in [6.45, 7) is 6.25. The highest BCUT2D eigenvalue weighted by atomic mass is 19.4. The first kappa shape index (κ1) is 19.9. The molecule has 4 heteroatoms. The highest BCUT2D eigenvalue weighted by molar-refractivity contribution is 5.84. The largest absolute Gasteiger partial charge is 0.416 e. The number of benzene rings is 3. The third-order valence-electron chi connectivity index (χ3n) is 5.17. The topological polar surface area (TPSA) is 23.8 Å². The van der Waals surface area contributed by atoms with Gasteiger partial charge in [0.1, 0.15) is 0 Å². The molecule has 0 saturated heterocycles. The van der Waals surface area contributed by atoms with Crippen LogP contribution in [0.5, 0.6) is 0 Å². The average Bonchev–Trinajstić information content (AvgIpc) is 2.66. The van der Waals surface area contributed by atoms with Gasteiger partial charge in [-0.2, -0.15) is 18.4 Å². The molecule has 1 unspecified atom stereocenters. The summed E-state index contributed by atoms with van der Waals surface area (Å²) in [7, 11) is 0. The zero-order valence-electron chi connectivity index (χ0n) is 16.1. The predicted octanol–water partition coefficient (Wildman–Crippen LogP) is 7.20. The Hall–Kier alpha value is -2.80. The van der Waals surface area contributed by atoms with Crippen LogP contribution in [0.1, 0.15) is 60.4 Å². The van der Waals surface area contributed by atoms with Crippen LogP contribution in [0.15, 0.2) is 54.6 Å². The summed E-state index contributed by atoms with van der Waals surface area (Å²) in [6, 6.07) is 18.0. The molecular formula is C24H22F3N. The molecule has 0 saturated carbocycles. The van der Waals surface area contributed by atoms with E-state index in [0.29, 0.717) is 17.9 Å². The number of rotatable bonds is 4. The van der Waals surface area contributed by atoms with Gasteiger partial charge in [0, 0.05) is 0 Å². The third-order valence-corrected chi connectivity index (χ3v) is 5.17. The van der Waals surface area contributed by atoms with Crippen LogP contribution in [0.25, 0.3) is 10.8 Å². The molecule has 3 aromatic carbocycles. The van der Waals surface area contributed by atoms with Gasteiger partial charge in [0.15, 0.2) is 0 Å². The van der Waals surface area contributed by atoms with Crippen LogP contribution in [0, 0.1) is 11.3 Å². The normalized spacial score (nSPS) is 12.9. The molecule has 3 rings (SSSR count). The lowest BCUT2D eigenvalue weighted by molar-refractivity contribution is -0.137. The molecule has 0 radical (unpaired) electrons. The van der Waals surface area contributed by atoms with Crippen LogP contribution in [0.4, 0.5) is 13.2 Å². The molecule has 0 heterocycles. The van der Waals surface area contributed by atoms with Gasteiger partial charge in [-0.05, 0) is 57.9 Å². The second-order valence-electron chi connectivity index (χ2n) is 7.61. The van der Waals surface area contributed by atoms with Crippen molar-refractivity contribution < 1.29 is 13.2 Å². The summed E-state index contributed by atoms with van der Waals surface area (Å²) in [5, 5.41) is 11.6. The van der Waals surface area contributed by atoms with Gasteiger partial charge in [0.05, 0.1) is 17.2 Å². The van der Waals surface area contributed by atoms with E-state index in [2.05, 4.69) is 44.2 Å². The van der Waals surface area contributed by atoms with Crippen LogP contribution in [0.3, 0.4) is 0 Å². The lowest BCUT2D eigenvalue weighted by Crippen LogP contribution is -2.08. The molecule has 0 aliphatic rings. The van der Waals surface area contributed by atoms with Crippen molar-refractivity contribution >= 4 is 10.8 Å². The summed E-state index contributed by atoms with van der Waals surface area (Å²) < 4.78 is 38.7. The lowest BCUT2D eigenvalue weighted by Gasteiger charge is -2.16. The average molecular weight is 381 g/mol. The minimum absolute atomic E-state index is 0.0670. The van der Waals surface area contributed by atoms with Crippen LogP contribution in [0.2, 0.25) is 0 Å². The molecule has 28 heavy (non-hydrogen) atoms. The summed E-state index contributed by atoms with van der Waals surface area (Å²) >= 11 is 0. The van der Waals surface area contributed by atoms with Crippen molar-refractivity contribution in [2.75, 3.05) is 0 Å². The fourth-order valence-electron chi connectivity index (χ4n) is 3.52. The summed E-state index contributed by atoms with van der Waals surface area (Å²) in [5.74, 6) is 0.375. The van der Waals surface area contributed by atoms with Gasteiger partial charge in [-0.3, -0.25) is 0 Å². The second-order valence-corrected chi connectivity index (χ2v) is 7.61. The van der Waals surface area contributed by atoms with Gasteiger partial charge in [-0.25, -0.2) is 0 Å². The van der Waals surface area contributed by atoms with Crippen molar-refractivity contribution in [1.29, 1.82) is 5.26 Å². The number of nitriles is 1. The van der Waals surface area contributed by atoms with Crippen LogP contribution in [-0.4, -0.2) is 0 Å². The Balaban J connectivity index is 1.90. The second kappa shape index (κ2) is 7.67. The van der Waals surface area contributed by atoms with E-state index in [-0.39, 0.29) is 11.5 Å². The zero-order valence-corrected chi connectivity index (χ0v) is 16.1. The summed E-state index contributed by atoms with van der Waals surface area (Å²) in [5.41, 5.74) is 2.32. The Morgan fingerprint density at radius 3 is 2.25 bits per heavy atom. The first-order valence-corrected chi connectivity index (χ1v) is 9.33. The van der Waals surface area contributed by atoms with Crippen LogP contribution < -0.4 is 0 Å². The van der Waals surface area contributed by atoms with E-state index < -0.39 is 11.7 Å². The van der Waals surface area contributed by atoms with Crippen molar-refractivity contribution in [3.05, 3.63) is 82.4 Å². The number of fused-ring (bicyclic) bond motifs is 1. The van der Waals surface area contributed by atoms with Crippen molar-refractivity contribution in [2.24, 2.45) is 0 Å². The molecule has 0 bridgehead atoms. The third kappa shape index (κ3) is 4.20. The van der Waals surface area contributed by atoms with E-state index >= 15 is 0 Å². The first-order valence-electron chi connectivity index (χ1n) is 9.33. The SMILES string of the molecule is CC(C)c1ccc2ccc(CC(C)c3ccc(C(F)(F)F)cc3C#N)cc2c1. The molecule has 0 spiro atoms. The minimum atomic E-state index is -4.44. The summed E-state index contributed by atoms with van der Waals surface area (Å²) in [4.78, 5) is 0. The van der Waals surface area contributed by atoms with E-state index in [1.165, 1.54) is 11.6 Å². The van der Waals surface area contributed by atoms with E-state index in [9.17, 15) is 18.4 Å². The number of nitrogens with zero attached hydrogens (tertiary/aromatic N) is 1. The number of hydrogen-bond donors (Lipinski definition) is 0. The Morgan fingerprint density at radius 2 is 1.61 bits per heavy atom. The van der Waals surface area contributed by atoms with Crippen molar-refractivity contribution in [3.8, 4) is 6.07 Å². The molecule has 0 fully saturated rings. The molecule has 1 atom stereocenters. The number of hydrogen-bond acceptors (Lipinski definition) is 1. The maximum atomic E-state index is 12.9. The highest BCUT2D eigenvalue weighted by Crippen LogP contribution is 2.33. The maximum Gasteiger partial charge on any atom is 0.416 e. The van der Waals surface area contributed by atoms with Gasteiger partial charge >= 0.3 is 6.18 Å². The Kier molecular flexibility index (Phi) is 5.47. The molecule has 0 aliphatic carbocycles. The first-order chi connectivity index (χ1) is 13.2. The van der Waals surface area contributed by atoms with E-state index in [1.54, 1.807) is 0 Å². The zero-order chi connectivity index (χ0) is 20.5. The lowest BCUT2D eigenvalue weighted by atomic mass is 9.88. The van der Waals surface area contributed by atoms with Crippen molar-refractivity contribution in [2.45, 2.75) is 45.2 Å². The van der Waals surface area contributed by atoms with Gasteiger partial charge in [0.2, 0.25) is 0 Å². The number of alkyl halides is 3. The van der Waals surface area contributed by atoms with Crippen molar-refractivity contribution in [1.82, 2.24) is 0 Å². The van der Waals surface area contributed by atoms with E-state index in [1.807, 2.05) is 19.1 Å². The van der Waals surface area contributed by atoms with Gasteiger partial charge in [-0.1, -0.05) is 63.2 Å². The molecule has 144 valence electrons. The predicted molar refractivity (Wildman–Crippen MR) is 106 cm³/mol. The molecule has 0 N–H and O–H groups in total. The Morgan fingerprint density at radius 1 is 0.893 bits per heavy atom. The smallest absolute Gasteiger partial charge is 0.192 e.